The van der Waals surface area contributed by atoms with Crippen LogP contribution in [0.4, 0.5) is 0 Å². The van der Waals surface area contributed by atoms with Gasteiger partial charge in [0, 0.05) is 26.8 Å². The number of nitrogens with one attached hydrogen (secondary N) is 2. The number of nitrogens with zero attached hydrogens (tertiary/aromatic N) is 1. The first-order valence-corrected chi connectivity index (χ1v) is 8.74. The molecule has 1 fully saturated rings. The van der Waals surface area contributed by atoms with Crippen molar-refractivity contribution in [3.63, 3.8) is 0 Å². The van der Waals surface area contributed by atoms with Crippen LogP contribution in [0.2, 0.25) is 0 Å². The molecule has 24 heavy (non-hydrogen) atoms. The molecule has 0 amide bonds. The van der Waals surface area contributed by atoms with E-state index in [9.17, 15) is 0 Å². The lowest BCUT2D eigenvalue weighted by Gasteiger charge is -2.42. The van der Waals surface area contributed by atoms with Crippen molar-refractivity contribution < 1.29 is 4.74 Å². The molecule has 0 heterocycles. The van der Waals surface area contributed by atoms with E-state index in [1.807, 2.05) is 0 Å². The van der Waals surface area contributed by atoms with E-state index in [0.29, 0.717) is 12.0 Å². The molecule has 0 atom stereocenters. The standard InChI is InChI=1S/C19H31N3O.HI/c1-4-20-18(21-14-17-8-5-7-16(2)13-17)22-15-19(9-6-10-19)11-12-23-3;/h5,7-8,13H,4,6,9-12,14-15H2,1-3H3,(H2,20,21,22);1H. The van der Waals surface area contributed by atoms with E-state index < -0.39 is 0 Å². The first-order chi connectivity index (χ1) is 11.2. The van der Waals surface area contributed by atoms with Crippen molar-refractivity contribution in [3.8, 4) is 0 Å². The van der Waals surface area contributed by atoms with Crippen LogP contribution in [0.25, 0.3) is 0 Å². The maximum absolute atomic E-state index is 5.27. The van der Waals surface area contributed by atoms with E-state index in [1.54, 1.807) is 7.11 Å². The van der Waals surface area contributed by atoms with E-state index in [4.69, 9.17) is 9.73 Å². The van der Waals surface area contributed by atoms with Crippen LogP contribution < -0.4 is 10.6 Å². The lowest BCUT2D eigenvalue weighted by molar-refractivity contribution is 0.0732. The van der Waals surface area contributed by atoms with Crippen LogP contribution in [0.5, 0.6) is 0 Å². The van der Waals surface area contributed by atoms with E-state index in [2.05, 4.69) is 48.7 Å². The summed E-state index contributed by atoms with van der Waals surface area (Å²) < 4.78 is 5.27. The van der Waals surface area contributed by atoms with Crippen LogP contribution in [0.15, 0.2) is 29.3 Å². The molecule has 0 unspecified atom stereocenters. The van der Waals surface area contributed by atoms with Gasteiger partial charge in [-0.1, -0.05) is 36.2 Å². The largest absolute Gasteiger partial charge is 0.385 e. The molecule has 0 aliphatic heterocycles. The van der Waals surface area contributed by atoms with Crippen molar-refractivity contribution in [3.05, 3.63) is 35.4 Å². The molecule has 5 heteroatoms. The summed E-state index contributed by atoms with van der Waals surface area (Å²) in [4.78, 5) is 4.73. The summed E-state index contributed by atoms with van der Waals surface area (Å²) in [5.74, 6) is 0.915. The molecule has 0 bridgehead atoms. The summed E-state index contributed by atoms with van der Waals surface area (Å²) in [6.45, 7) is 7.64. The Labute approximate surface area is 163 Å². The zero-order valence-electron chi connectivity index (χ0n) is 15.2. The smallest absolute Gasteiger partial charge is 0.191 e. The highest BCUT2D eigenvalue weighted by molar-refractivity contribution is 14.0. The Kier molecular flexibility index (Phi) is 9.66. The molecule has 2 rings (SSSR count). The van der Waals surface area contributed by atoms with Gasteiger partial charge in [-0.3, -0.25) is 0 Å². The highest BCUT2D eigenvalue weighted by Gasteiger charge is 2.36. The van der Waals surface area contributed by atoms with Gasteiger partial charge in [-0.05, 0) is 44.1 Å². The average Bonchev–Trinajstić information content (AvgIpc) is 2.51. The second-order valence-electron chi connectivity index (χ2n) is 6.63. The molecular formula is C19H32IN3O. The van der Waals surface area contributed by atoms with Crippen LogP contribution in [-0.4, -0.2) is 32.8 Å². The molecule has 1 aromatic rings. The molecule has 1 aliphatic carbocycles. The minimum Gasteiger partial charge on any atom is -0.385 e. The monoisotopic (exact) mass is 445 g/mol. The second-order valence-corrected chi connectivity index (χ2v) is 6.63. The van der Waals surface area contributed by atoms with Gasteiger partial charge in [0.15, 0.2) is 5.96 Å². The summed E-state index contributed by atoms with van der Waals surface area (Å²) in [6.07, 6.45) is 5.05. The third-order valence-corrected chi connectivity index (χ3v) is 4.73. The van der Waals surface area contributed by atoms with Gasteiger partial charge in [0.2, 0.25) is 0 Å². The number of methoxy groups -OCH3 is 1. The van der Waals surface area contributed by atoms with Crippen molar-refractivity contribution >= 4 is 29.9 Å². The lowest BCUT2D eigenvalue weighted by atomic mass is 9.67. The Morgan fingerprint density at radius 1 is 1.29 bits per heavy atom. The summed E-state index contributed by atoms with van der Waals surface area (Å²) in [7, 11) is 1.78. The summed E-state index contributed by atoms with van der Waals surface area (Å²) in [5.41, 5.74) is 2.93. The molecule has 136 valence electrons. The van der Waals surface area contributed by atoms with Gasteiger partial charge in [-0.2, -0.15) is 0 Å². The van der Waals surface area contributed by atoms with Gasteiger partial charge >= 0.3 is 0 Å². The minimum absolute atomic E-state index is 0. The van der Waals surface area contributed by atoms with Crippen LogP contribution in [-0.2, 0) is 11.3 Å². The van der Waals surface area contributed by atoms with Crippen molar-refractivity contribution in [1.82, 2.24) is 10.6 Å². The Morgan fingerprint density at radius 3 is 2.67 bits per heavy atom. The number of aliphatic imine (C=N–C) groups is 1. The minimum atomic E-state index is 0. The maximum atomic E-state index is 5.27. The Balaban J connectivity index is 0.00000288. The van der Waals surface area contributed by atoms with Gasteiger partial charge in [-0.15, -0.1) is 24.0 Å². The number of ether oxygens (including phenoxy) is 1. The molecule has 2 N–H and O–H groups in total. The van der Waals surface area contributed by atoms with Crippen LogP contribution in [0, 0.1) is 12.3 Å². The number of halogens is 1. The SMILES string of the molecule is CCNC(=NCc1cccc(C)c1)NCC1(CCOC)CCC1.I. The highest BCUT2D eigenvalue weighted by Crippen LogP contribution is 2.43. The number of hydrogen-bond donors (Lipinski definition) is 2. The van der Waals surface area contributed by atoms with E-state index in [0.717, 1.165) is 32.1 Å². The third kappa shape index (κ3) is 6.59. The number of guanidine groups is 1. The molecule has 1 aromatic carbocycles. The average molecular weight is 445 g/mol. The second kappa shape index (κ2) is 10.9. The van der Waals surface area contributed by atoms with Gasteiger partial charge in [-0.25, -0.2) is 4.99 Å². The zero-order valence-corrected chi connectivity index (χ0v) is 17.6. The van der Waals surface area contributed by atoms with Gasteiger partial charge < -0.3 is 15.4 Å². The molecule has 0 saturated heterocycles. The number of hydrogen-bond acceptors (Lipinski definition) is 2. The molecule has 0 aromatic heterocycles. The quantitative estimate of drug-likeness (QED) is 0.363. The predicted molar refractivity (Wildman–Crippen MR) is 112 cm³/mol. The Morgan fingerprint density at radius 2 is 2.08 bits per heavy atom. The molecule has 1 aliphatic rings. The lowest BCUT2D eigenvalue weighted by Crippen LogP contribution is -2.46. The molecule has 1 saturated carbocycles. The summed E-state index contributed by atoms with van der Waals surface area (Å²) >= 11 is 0. The van der Waals surface area contributed by atoms with Crippen molar-refractivity contribution in [2.75, 3.05) is 26.8 Å². The topological polar surface area (TPSA) is 45.7 Å². The zero-order chi connectivity index (χ0) is 16.5. The Bertz CT molecular complexity index is 515. The molecule has 4 nitrogen and oxygen atoms in total. The van der Waals surface area contributed by atoms with E-state index in [1.165, 1.54) is 30.4 Å². The first kappa shape index (κ1) is 21.2. The van der Waals surface area contributed by atoms with Crippen molar-refractivity contribution in [2.24, 2.45) is 10.4 Å². The van der Waals surface area contributed by atoms with Gasteiger partial charge in [0.05, 0.1) is 6.54 Å². The van der Waals surface area contributed by atoms with Gasteiger partial charge in [0.25, 0.3) is 0 Å². The van der Waals surface area contributed by atoms with E-state index >= 15 is 0 Å². The van der Waals surface area contributed by atoms with Crippen molar-refractivity contribution in [2.45, 2.75) is 46.1 Å². The molecule has 0 spiro atoms. The first-order valence-electron chi connectivity index (χ1n) is 8.74. The molecule has 0 radical (unpaired) electrons. The number of aryl methyl sites for hydroxylation is 1. The fraction of sp³-hybridized carbons (Fsp3) is 0.632. The molecular weight excluding hydrogens is 413 g/mol. The summed E-state index contributed by atoms with van der Waals surface area (Å²) in [5, 5.41) is 6.89. The fourth-order valence-electron chi connectivity index (χ4n) is 3.10. The van der Waals surface area contributed by atoms with Crippen molar-refractivity contribution in [1.29, 1.82) is 0 Å². The van der Waals surface area contributed by atoms with Gasteiger partial charge in [0.1, 0.15) is 0 Å². The maximum Gasteiger partial charge on any atom is 0.191 e. The van der Waals surface area contributed by atoms with E-state index in [-0.39, 0.29) is 24.0 Å². The third-order valence-electron chi connectivity index (χ3n) is 4.73. The number of benzene rings is 1. The normalized spacial score (nSPS) is 16.0. The fourth-order valence-corrected chi connectivity index (χ4v) is 3.10. The summed E-state index contributed by atoms with van der Waals surface area (Å²) in [6, 6.07) is 8.53. The predicted octanol–water partition coefficient (Wildman–Crippen LogP) is 3.87. The van der Waals surface area contributed by atoms with Crippen LogP contribution >= 0.6 is 24.0 Å². The van der Waals surface area contributed by atoms with Crippen LogP contribution in [0.1, 0.15) is 43.7 Å². The Hall–Kier alpha value is -0.820. The highest BCUT2D eigenvalue weighted by atomic mass is 127. The number of rotatable bonds is 8. The van der Waals surface area contributed by atoms with Crippen LogP contribution in [0.3, 0.4) is 0 Å².